The van der Waals surface area contributed by atoms with Crippen LogP contribution in [0.1, 0.15) is 58.3 Å². The largest absolute Gasteiger partial charge is 0.466 e. The lowest BCUT2D eigenvalue weighted by molar-refractivity contribution is -0.156. The third-order valence-electron chi connectivity index (χ3n) is 5.16. The average Bonchev–Trinajstić information content (AvgIpc) is 2.50. The molecule has 0 spiro atoms. The van der Waals surface area contributed by atoms with Gasteiger partial charge in [0.25, 0.3) is 0 Å². The van der Waals surface area contributed by atoms with Crippen LogP contribution in [0, 0.1) is 5.92 Å². The highest BCUT2D eigenvalue weighted by Gasteiger charge is 2.47. The SMILES string of the molecule is CCOC(=O)[C@@H](CN)C1(N2CCCCC2)CCCCC1. The van der Waals surface area contributed by atoms with Crippen molar-refractivity contribution in [2.45, 2.75) is 63.8 Å². The standard InChI is InChI=1S/C16H30N2O2/c1-2-20-15(19)14(13-17)16(9-5-3-6-10-16)18-11-7-4-8-12-18/h14H,2-13,17H2,1H3/t14-/m1/s1. The number of nitrogens with zero attached hydrogens (tertiary/aromatic N) is 1. The van der Waals surface area contributed by atoms with Gasteiger partial charge in [0, 0.05) is 12.1 Å². The minimum atomic E-state index is -0.152. The van der Waals surface area contributed by atoms with Crippen LogP contribution in [-0.2, 0) is 9.53 Å². The second kappa shape index (κ2) is 7.41. The maximum Gasteiger partial charge on any atom is 0.312 e. The number of esters is 1. The summed E-state index contributed by atoms with van der Waals surface area (Å²) in [6.07, 6.45) is 9.75. The first-order valence-corrected chi connectivity index (χ1v) is 8.36. The Kier molecular flexibility index (Phi) is 5.85. The Morgan fingerprint density at radius 2 is 1.75 bits per heavy atom. The van der Waals surface area contributed by atoms with Gasteiger partial charge in [-0.25, -0.2) is 0 Å². The fourth-order valence-corrected chi connectivity index (χ4v) is 4.17. The third kappa shape index (κ3) is 3.17. The van der Waals surface area contributed by atoms with Crippen LogP contribution in [0.3, 0.4) is 0 Å². The molecule has 1 heterocycles. The number of likely N-dealkylation sites (tertiary alicyclic amines) is 1. The van der Waals surface area contributed by atoms with Crippen molar-refractivity contribution in [1.82, 2.24) is 4.90 Å². The molecule has 20 heavy (non-hydrogen) atoms. The molecule has 1 aliphatic carbocycles. The van der Waals surface area contributed by atoms with Crippen molar-refractivity contribution in [2.75, 3.05) is 26.2 Å². The van der Waals surface area contributed by atoms with E-state index in [0.717, 1.165) is 25.9 Å². The molecular weight excluding hydrogens is 252 g/mol. The molecule has 2 fully saturated rings. The molecule has 1 saturated carbocycles. The molecule has 4 heteroatoms. The van der Waals surface area contributed by atoms with Crippen LogP contribution in [-0.4, -0.2) is 42.6 Å². The summed E-state index contributed by atoms with van der Waals surface area (Å²) in [6, 6.07) is 0. The molecule has 0 unspecified atom stereocenters. The lowest BCUT2D eigenvalue weighted by Crippen LogP contribution is -2.60. The minimum absolute atomic E-state index is 0.0281. The zero-order chi connectivity index (χ0) is 14.4. The molecule has 0 bridgehead atoms. The van der Waals surface area contributed by atoms with E-state index >= 15 is 0 Å². The van der Waals surface area contributed by atoms with Crippen LogP contribution in [0.15, 0.2) is 0 Å². The fourth-order valence-electron chi connectivity index (χ4n) is 4.17. The summed E-state index contributed by atoms with van der Waals surface area (Å²) in [7, 11) is 0. The molecule has 2 N–H and O–H groups in total. The van der Waals surface area contributed by atoms with Gasteiger partial charge in [0.1, 0.15) is 0 Å². The predicted octanol–water partition coefficient (Wildman–Crippen LogP) is 2.31. The van der Waals surface area contributed by atoms with Crippen LogP contribution in [0.4, 0.5) is 0 Å². The van der Waals surface area contributed by atoms with Crippen LogP contribution >= 0.6 is 0 Å². The Morgan fingerprint density at radius 1 is 1.15 bits per heavy atom. The second-order valence-electron chi connectivity index (χ2n) is 6.25. The summed E-state index contributed by atoms with van der Waals surface area (Å²) in [4.78, 5) is 15.0. The van der Waals surface area contributed by atoms with Gasteiger partial charge in [0.05, 0.1) is 12.5 Å². The number of carbonyl (C=O) groups is 1. The molecule has 0 aromatic carbocycles. The number of nitrogens with two attached hydrogens (primary N) is 1. The van der Waals surface area contributed by atoms with Gasteiger partial charge in [-0.05, 0) is 45.7 Å². The topological polar surface area (TPSA) is 55.6 Å². The molecule has 0 aromatic heterocycles. The van der Waals surface area contributed by atoms with E-state index < -0.39 is 0 Å². The summed E-state index contributed by atoms with van der Waals surface area (Å²) in [6.45, 7) is 4.98. The minimum Gasteiger partial charge on any atom is -0.466 e. The summed E-state index contributed by atoms with van der Waals surface area (Å²) < 4.78 is 5.32. The molecule has 0 amide bonds. The molecule has 2 rings (SSSR count). The van der Waals surface area contributed by atoms with Crippen LogP contribution in [0.25, 0.3) is 0 Å². The van der Waals surface area contributed by atoms with Gasteiger partial charge < -0.3 is 10.5 Å². The van der Waals surface area contributed by atoms with Crippen LogP contribution in [0.2, 0.25) is 0 Å². The van der Waals surface area contributed by atoms with Crippen molar-refractivity contribution >= 4 is 5.97 Å². The van der Waals surface area contributed by atoms with Crippen LogP contribution in [0.5, 0.6) is 0 Å². The molecule has 1 aliphatic heterocycles. The van der Waals surface area contributed by atoms with Gasteiger partial charge in [-0.1, -0.05) is 25.7 Å². The Morgan fingerprint density at radius 3 is 2.30 bits per heavy atom. The van der Waals surface area contributed by atoms with E-state index in [0.29, 0.717) is 13.2 Å². The predicted molar refractivity (Wildman–Crippen MR) is 80.4 cm³/mol. The van der Waals surface area contributed by atoms with E-state index in [1.807, 2.05) is 6.92 Å². The first kappa shape index (κ1) is 15.8. The van der Waals surface area contributed by atoms with Crippen molar-refractivity contribution in [3.63, 3.8) is 0 Å². The first-order chi connectivity index (χ1) is 9.74. The quantitative estimate of drug-likeness (QED) is 0.786. The van der Waals surface area contributed by atoms with Crippen LogP contribution < -0.4 is 5.73 Å². The van der Waals surface area contributed by atoms with E-state index in [9.17, 15) is 4.79 Å². The smallest absolute Gasteiger partial charge is 0.312 e. The number of hydrogen-bond donors (Lipinski definition) is 1. The summed E-state index contributed by atoms with van der Waals surface area (Å²) in [5.41, 5.74) is 5.97. The highest BCUT2D eigenvalue weighted by Crippen LogP contribution is 2.41. The monoisotopic (exact) mass is 282 g/mol. The second-order valence-corrected chi connectivity index (χ2v) is 6.25. The molecule has 2 aliphatic rings. The van der Waals surface area contributed by atoms with Gasteiger partial charge in [-0.3, -0.25) is 9.69 Å². The Balaban J connectivity index is 2.21. The zero-order valence-corrected chi connectivity index (χ0v) is 12.9. The number of ether oxygens (including phenoxy) is 1. The van der Waals surface area contributed by atoms with Crippen molar-refractivity contribution in [3.8, 4) is 0 Å². The number of piperidine rings is 1. The molecular formula is C16H30N2O2. The van der Waals surface area contributed by atoms with Crippen molar-refractivity contribution in [1.29, 1.82) is 0 Å². The van der Waals surface area contributed by atoms with Gasteiger partial charge in [0.15, 0.2) is 0 Å². The Bertz CT molecular complexity index is 308. The maximum absolute atomic E-state index is 12.4. The van der Waals surface area contributed by atoms with Gasteiger partial charge >= 0.3 is 5.97 Å². The van der Waals surface area contributed by atoms with Gasteiger partial charge in [0.2, 0.25) is 0 Å². The number of rotatable bonds is 5. The molecule has 116 valence electrons. The molecule has 4 nitrogen and oxygen atoms in total. The fraction of sp³-hybridized carbons (Fsp3) is 0.938. The first-order valence-electron chi connectivity index (χ1n) is 8.36. The average molecular weight is 282 g/mol. The highest BCUT2D eigenvalue weighted by molar-refractivity contribution is 5.74. The lowest BCUT2D eigenvalue weighted by Gasteiger charge is -2.51. The molecule has 1 atom stereocenters. The summed E-state index contributed by atoms with van der Waals surface area (Å²) >= 11 is 0. The van der Waals surface area contributed by atoms with Gasteiger partial charge in [-0.15, -0.1) is 0 Å². The molecule has 1 saturated heterocycles. The van der Waals surface area contributed by atoms with E-state index in [4.69, 9.17) is 10.5 Å². The summed E-state index contributed by atoms with van der Waals surface area (Å²) in [5, 5.41) is 0. The van der Waals surface area contributed by atoms with E-state index in [1.54, 1.807) is 0 Å². The van der Waals surface area contributed by atoms with Crippen molar-refractivity contribution in [3.05, 3.63) is 0 Å². The van der Waals surface area contributed by atoms with Crippen molar-refractivity contribution < 1.29 is 9.53 Å². The lowest BCUT2D eigenvalue weighted by atomic mass is 9.70. The highest BCUT2D eigenvalue weighted by atomic mass is 16.5. The molecule has 0 radical (unpaired) electrons. The molecule has 0 aromatic rings. The van der Waals surface area contributed by atoms with E-state index in [1.165, 1.54) is 38.5 Å². The third-order valence-corrected chi connectivity index (χ3v) is 5.16. The Labute approximate surface area is 123 Å². The number of carbonyl (C=O) groups excluding carboxylic acids is 1. The number of hydrogen-bond acceptors (Lipinski definition) is 4. The van der Waals surface area contributed by atoms with E-state index in [2.05, 4.69) is 4.90 Å². The maximum atomic E-state index is 12.4. The van der Waals surface area contributed by atoms with E-state index in [-0.39, 0.29) is 17.4 Å². The Hall–Kier alpha value is -0.610. The van der Waals surface area contributed by atoms with Crippen molar-refractivity contribution in [2.24, 2.45) is 11.7 Å². The van der Waals surface area contributed by atoms with Gasteiger partial charge in [-0.2, -0.15) is 0 Å². The zero-order valence-electron chi connectivity index (χ0n) is 12.9. The normalized spacial score (nSPS) is 25.1. The summed E-state index contributed by atoms with van der Waals surface area (Å²) in [5.74, 6) is -0.233.